The molecule has 0 aliphatic heterocycles. The molecule has 0 aliphatic rings. The van der Waals surface area contributed by atoms with Gasteiger partial charge >= 0.3 is 0 Å². The number of aliphatic carboxylic acids is 1. The molecule has 0 aromatic heterocycles. The van der Waals surface area contributed by atoms with Gasteiger partial charge in [-0.05, 0) is 46.6 Å². The van der Waals surface area contributed by atoms with E-state index in [1.165, 1.54) is 0 Å². The summed E-state index contributed by atoms with van der Waals surface area (Å²) in [5, 5.41) is 7.42. The van der Waals surface area contributed by atoms with E-state index in [1.807, 2.05) is 146 Å². The zero-order chi connectivity index (χ0) is 28.8. The average Bonchev–Trinajstić information content (AvgIpc) is 2.99. The van der Waals surface area contributed by atoms with Gasteiger partial charge in [0.25, 0.3) is 5.97 Å². The van der Waals surface area contributed by atoms with Gasteiger partial charge in [0.15, 0.2) is 11.6 Å². The zero-order valence-electron chi connectivity index (χ0n) is 22.7. The summed E-state index contributed by atoms with van der Waals surface area (Å²) in [4.78, 5) is 32.2. The van der Waals surface area contributed by atoms with E-state index < -0.39 is 5.97 Å². The number of hydrogen-bond acceptors (Lipinski definition) is 3. The summed E-state index contributed by atoms with van der Waals surface area (Å²) in [6, 6.07) is 39.1. The summed E-state index contributed by atoms with van der Waals surface area (Å²) in [6.45, 7) is 1.08. The molecule has 0 spiro atoms. The van der Waals surface area contributed by atoms with E-state index in [-0.39, 0.29) is 32.0 Å². The van der Waals surface area contributed by atoms with Crippen LogP contribution in [0.3, 0.4) is 0 Å². The molecule has 0 atom stereocenters. The second-order valence-corrected chi connectivity index (χ2v) is 8.30. The Bertz CT molecular complexity index is 1210. The largest absolute Gasteiger partial charge is 0.481 e. The molecule has 0 amide bonds. The number of carboxylic acid groups (broad SMARTS) is 1. The van der Waals surface area contributed by atoms with Crippen LogP contribution in [-0.2, 0) is 34.8 Å². The molecule has 0 saturated carbocycles. The third-order valence-corrected chi connectivity index (χ3v) is 4.96. The van der Waals surface area contributed by atoms with Crippen molar-refractivity contribution >= 4 is 41.8 Å². The van der Waals surface area contributed by atoms with Gasteiger partial charge in [-0.1, -0.05) is 146 Å². The first kappa shape index (κ1) is 34.3. The first-order valence-electron chi connectivity index (χ1n) is 12.6. The van der Waals surface area contributed by atoms with Crippen LogP contribution < -0.4 is 0 Å². The van der Waals surface area contributed by atoms with Gasteiger partial charge in [0, 0.05) is 27.3 Å². The molecule has 0 bridgehead atoms. The summed E-state index contributed by atoms with van der Waals surface area (Å²) < 4.78 is 0. The Balaban J connectivity index is 0.000000355. The fourth-order valence-electron chi connectivity index (χ4n) is 3.08. The summed E-state index contributed by atoms with van der Waals surface area (Å²) >= 11 is 0. The average molecular weight is 635 g/mol. The molecule has 0 heterocycles. The molecule has 1 N–H and O–H groups in total. The molecular formula is C36H32O4Pd. The predicted octanol–water partition coefficient (Wildman–Crippen LogP) is 8.05. The van der Waals surface area contributed by atoms with Gasteiger partial charge in [0.1, 0.15) is 0 Å². The van der Waals surface area contributed by atoms with Gasteiger partial charge in [0.05, 0.1) is 0 Å². The van der Waals surface area contributed by atoms with E-state index in [0.717, 1.165) is 29.2 Å². The number of rotatable bonds is 8. The molecule has 41 heavy (non-hydrogen) atoms. The molecule has 210 valence electrons. The third kappa shape index (κ3) is 17.5. The predicted molar refractivity (Wildman–Crippen MR) is 165 cm³/mol. The van der Waals surface area contributed by atoms with Gasteiger partial charge in [-0.25, -0.2) is 0 Å². The van der Waals surface area contributed by atoms with Crippen LogP contribution in [0, 0.1) is 0 Å². The van der Waals surface area contributed by atoms with E-state index in [9.17, 15) is 9.59 Å². The zero-order valence-corrected chi connectivity index (χ0v) is 24.2. The Morgan fingerprint density at radius 3 is 0.780 bits per heavy atom. The van der Waals surface area contributed by atoms with Crippen LogP contribution in [0.5, 0.6) is 0 Å². The molecule has 4 aromatic carbocycles. The Morgan fingerprint density at radius 1 is 0.439 bits per heavy atom. The minimum absolute atomic E-state index is 0. The van der Waals surface area contributed by atoms with Gasteiger partial charge in [-0.2, -0.15) is 0 Å². The minimum atomic E-state index is -0.833. The van der Waals surface area contributed by atoms with E-state index in [2.05, 4.69) is 0 Å². The Labute approximate surface area is 255 Å². The standard InChI is InChI=1S/2C17H14O.C2H4O2.Pd/c2*18-17(13-11-15-7-3-1-4-8-15)14-12-16-9-5-2-6-10-16;1-2(3)4;/h2*1-14H;1H3,(H,3,4);. The number of allylic oxidation sites excluding steroid dienone is 4. The molecule has 0 aliphatic carbocycles. The number of hydrogen-bond donors (Lipinski definition) is 1. The second kappa shape index (κ2) is 21.2. The minimum Gasteiger partial charge on any atom is -0.481 e. The maximum atomic E-state index is 11.6. The number of carboxylic acids is 1. The topological polar surface area (TPSA) is 71.4 Å². The van der Waals surface area contributed by atoms with E-state index in [4.69, 9.17) is 9.90 Å². The fourth-order valence-corrected chi connectivity index (χ4v) is 3.08. The Hall–Kier alpha value is -4.69. The first-order valence-corrected chi connectivity index (χ1v) is 12.6. The van der Waals surface area contributed by atoms with Crippen LogP contribution in [0.25, 0.3) is 24.3 Å². The molecule has 0 radical (unpaired) electrons. The van der Waals surface area contributed by atoms with Gasteiger partial charge in [0.2, 0.25) is 0 Å². The van der Waals surface area contributed by atoms with Crippen LogP contribution in [0.4, 0.5) is 0 Å². The summed E-state index contributed by atoms with van der Waals surface area (Å²) in [5.74, 6) is -0.856. The van der Waals surface area contributed by atoms with E-state index in [0.29, 0.717) is 0 Å². The first-order chi connectivity index (χ1) is 19.4. The van der Waals surface area contributed by atoms with Crippen LogP contribution in [0.15, 0.2) is 146 Å². The molecule has 5 heteroatoms. The summed E-state index contributed by atoms with van der Waals surface area (Å²) in [6.07, 6.45) is 13.6. The van der Waals surface area contributed by atoms with Crippen molar-refractivity contribution in [1.82, 2.24) is 0 Å². The normalized spacial score (nSPS) is 10.4. The fraction of sp³-hybridized carbons (Fsp3) is 0.0278. The van der Waals surface area contributed by atoms with Crippen molar-refractivity contribution in [3.8, 4) is 0 Å². The van der Waals surface area contributed by atoms with Crippen LogP contribution in [0.2, 0.25) is 0 Å². The monoisotopic (exact) mass is 634 g/mol. The molecule has 4 rings (SSSR count). The second-order valence-electron chi connectivity index (χ2n) is 8.30. The van der Waals surface area contributed by atoms with Crippen molar-refractivity contribution in [2.45, 2.75) is 6.92 Å². The maximum Gasteiger partial charge on any atom is 0.300 e. The Kier molecular flexibility index (Phi) is 17.7. The van der Waals surface area contributed by atoms with Gasteiger partial charge in [-0.3, -0.25) is 14.4 Å². The molecule has 0 fully saturated rings. The van der Waals surface area contributed by atoms with Gasteiger partial charge < -0.3 is 5.11 Å². The van der Waals surface area contributed by atoms with E-state index >= 15 is 0 Å². The van der Waals surface area contributed by atoms with Crippen LogP contribution in [0.1, 0.15) is 29.2 Å². The molecule has 4 aromatic rings. The van der Waals surface area contributed by atoms with Crippen LogP contribution >= 0.6 is 0 Å². The number of carbonyl (C=O) groups is 3. The van der Waals surface area contributed by atoms with Crippen LogP contribution in [-0.4, -0.2) is 22.6 Å². The smallest absolute Gasteiger partial charge is 0.300 e. The number of benzene rings is 4. The molecule has 0 saturated heterocycles. The third-order valence-electron chi connectivity index (χ3n) is 4.96. The van der Waals surface area contributed by atoms with Crippen molar-refractivity contribution in [2.24, 2.45) is 0 Å². The van der Waals surface area contributed by atoms with E-state index in [1.54, 1.807) is 24.3 Å². The Morgan fingerprint density at radius 2 is 0.610 bits per heavy atom. The summed E-state index contributed by atoms with van der Waals surface area (Å²) in [5.41, 5.74) is 4.11. The number of carbonyl (C=O) groups excluding carboxylic acids is 2. The summed E-state index contributed by atoms with van der Waals surface area (Å²) in [7, 11) is 0. The molecule has 4 nitrogen and oxygen atoms in total. The van der Waals surface area contributed by atoms with Crippen molar-refractivity contribution < 1.29 is 39.9 Å². The molecule has 0 unspecified atom stereocenters. The van der Waals surface area contributed by atoms with Crippen molar-refractivity contribution in [1.29, 1.82) is 0 Å². The SMILES string of the molecule is CC(=O)O.O=C(C=Cc1ccccc1)C=Cc1ccccc1.O=C(C=Cc1ccccc1)C=Cc1ccccc1.[Pd]. The van der Waals surface area contributed by atoms with Crippen molar-refractivity contribution in [2.75, 3.05) is 0 Å². The van der Waals surface area contributed by atoms with Crippen molar-refractivity contribution in [3.63, 3.8) is 0 Å². The molecular weight excluding hydrogens is 603 g/mol. The quantitative estimate of drug-likeness (QED) is 0.157. The number of ketones is 2. The maximum absolute atomic E-state index is 11.6. The van der Waals surface area contributed by atoms with Crippen molar-refractivity contribution in [3.05, 3.63) is 168 Å². The van der Waals surface area contributed by atoms with Gasteiger partial charge in [-0.15, -0.1) is 0 Å².